The Bertz CT molecular complexity index is 989. The fourth-order valence-corrected chi connectivity index (χ4v) is 3.48. The van der Waals surface area contributed by atoms with Crippen LogP contribution in [0.1, 0.15) is 12.5 Å². The molecular weight excluding hydrogens is 416 g/mol. The molecule has 1 amide bonds. The maximum atomic E-state index is 12.2. The van der Waals surface area contributed by atoms with Crippen LogP contribution >= 0.6 is 23.4 Å². The molecule has 0 atom stereocenters. The van der Waals surface area contributed by atoms with E-state index < -0.39 is 12.6 Å². The largest absolute Gasteiger partial charge is 0.546 e. The molecule has 29 heavy (non-hydrogen) atoms. The molecule has 1 aliphatic heterocycles. The molecule has 0 spiro atoms. The third-order valence-corrected chi connectivity index (χ3v) is 4.83. The molecule has 1 aliphatic rings. The molecule has 0 aliphatic carbocycles. The molecular formula is C20H16ClN2O5S-. The summed E-state index contributed by atoms with van der Waals surface area (Å²) in [6, 6.07) is 12.0. The van der Waals surface area contributed by atoms with Crippen molar-refractivity contribution in [3.05, 3.63) is 58.0 Å². The van der Waals surface area contributed by atoms with Gasteiger partial charge >= 0.3 is 0 Å². The summed E-state index contributed by atoms with van der Waals surface area (Å²) in [5, 5.41) is 13.9. The second kappa shape index (κ2) is 9.49. The minimum atomic E-state index is -1.34. The minimum absolute atomic E-state index is 0.222. The van der Waals surface area contributed by atoms with Crippen molar-refractivity contribution in [2.24, 2.45) is 4.99 Å². The molecule has 0 bridgehead atoms. The SMILES string of the molecule is CCOc1ccc(N=C2NC(=O)/C(=C\c3ccc(OCC(=O)[O-])c(Cl)c3)S2)cc1. The van der Waals surface area contributed by atoms with Gasteiger partial charge in [0.25, 0.3) is 5.91 Å². The van der Waals surface area contributed by atoms with E-state index in [2.05, 4.69) is 10.3 Å². The third-order valence-electron chi connectivity index (χ3n) is 3.63. The molecule has 7 nitrogen and oxygen atoms in total. The Hall–Kier alpha value is -2.97. The zero-order valence-corrected chi connectivity index (χ0v) is 16.9. The van der Waals surface area contributed by atoms with Gasteiger partial charge in [0.1, 0.15) is 18.1 Å². The molecule has 0 unspecified atom stereocenters. The van der Waals surface area contributed by atoms with E-state index in [1.165, 1.54) is 17.8 Å². The summed E-state index contributed by atoms with van der Waals surface area (Å²) in [7, 11) is 0. The van der Waals surface area contributed by atoms with Crippen LogP contribution in [0.2, 0.25) is 5.02 Å². The number of nitrogens with one attached hydrogen (secondary N) is 1. The minimum Gasteiger partial charge on any atom is -0.546 e. The van der Waals surface area contributed by atoms with Gasteiger partial charge in [0.2, 0.25) is 0 Å². The molecule has 0 aromatic heterocycles. The van der Waals surface area contributed by atoms with Crippen LogP contribution in [0.3, 0.4) is 0 Å². The average Bonchev–Trinajstić information content (AvgIpc) is 3.01. The van der Waals surface area contributed by atoms with Gasteiger partial charge in [-0.1, -0.05) is 17.7 Å². The predicted octanol–water partition coefficient (Wildman–Crippen LogP) is 2.76. The number of halogens is 1. The van der Waals surface area contributed by atoms with Crippen LogP contribution in [0, 0.1) is 0 Å². The number of amidine groups is 1. The van der Waals surface area contributed by atoms with Gasteiger partial charge in [0.15, 0.2) is 5.17 Å². The number of aliphatic imine (C=N–C) groups is 1. The summed E-state index contributed by atoms with van der Waals surface area (Å²) in [6.07, 6.45) is 1.66. The highest BCUT2D eigenvalue weighted by Crippen LogP contribution is 2.31. The van der Waals surface area contributed by atoms with Crippen LogP contribution in [0.25, 0.3) is 6.08 Å². The maximum Gasteiger partial charge on any atom is 0.264 e. The van der Waals surface area contributed by atoms with Gasteiger partial charge in [-0.2, -0.15) is 0 Å². The fourth-order valence-electron chi connectivity index (χ4n) is 2.39. The Labute approximate surface area is 176 Å². The highest BCUT2D eigenvalue weighted by molar-refractivity contribution is 8.18. The average molecular weight is 432 g/mol. The second-order valence-corrected chi connectivity index (χ2v) is 7.20. The van der Waals surface area contributed by atoms with Crippen LogP contribution in [0.5, 0.6) is 11.5 Å². The number of carbonyl (C=O) groups excluding carboxylic acids is 2. The Balaban J connectivity index is 1.71. The monoisotopic (exact) mass is 431 g/mol. The van der Waals surface area contributed by atoms with Gasteiger partial charge in [-0.25, -0.2) is 4.99 Å². The first kappa shape index (κ1) is 20.8. The topological polar surface area (TPSA) is 100 Å². The third kappa shape index (κ3) is 5.75. The number of ether oxygens (including phenoxy) is 2. The first-order chi connectivity index (χ1) is 13.9. The lowest BCUT2D eigenvalue weighted by Gasteiger charge is -2.08. The summed E-state index contributed by atoms with van der Waals surface area (Å²) < 4.78 is 10.4. The Morgan fingerprint density at radius 1 is 1.24 bits per heavy atom. The molecule has 0 saturated carbocycles. The highest BCUT2D eigenvalue weighted by Gasteiger charge is 2.23. The number of hydrogen-bond donors (Lipinski definition) is 1. The van der Waals surface area contributed by atoms with Gasteiger partial charge in [-0.3, -0.25) is 4.79 Å². The number of hydrogen-bond acceptors (Lipinski definition) is 7. The summed E-state index contributed by atoms with van der Waals surface area (Å²) in [6.45, 7) is 1.90. The van der Waals surface area contributed by atoms with Crippen LogP contribution in [-0.2, 0) is 9.59 Å². The fraction of sp³-hybridized carbons (Fsp3) is 0.150. The molecule has 150 valence electrons. The molecule has 0 radical (unpaired) electrons. The molecule has 2 aromatic rings. The van der Waals surface area contributed by atoms with Crippen molar-refractivity contribution in [1.82, 2.24) is 5.32 Å². The van der Waals surface area contributed by atoms with E-state index in [1.54, 1.807) is 30.3 Å². The maximum absolute atomic E-state index is 12.2. The van der Waals surface area contributed by atoms with Gasteiger partial charge in [-0.05, 0) is 66.7 Å². The number of nitrogens with zero attached hydrogens (tertiary/aromatic N) is 1. The lowest BCUT2D eigenvalue weighted by molar-refractivity contribution is -0.307. The first-order valence-corrected chi connectivity index (χ1v) is 9.78. The molecule has 9 heteroatoms. The van der Waals surface area contributed by atoms with E-state index in [1.807, 2.05) is 19.1 Å². The second-order valence-electron chi connectivity index (χ2n) is 5.76. The predicted molar refractivity (Wildman–Crippen MR) is 110 cm³/mol. The van der Waals surface area contributed by atoms with Gasteiger partial charge in [0.05, 0.1) is 28.2 Å². The van der Waals surface area contributed by atoms with Gasteiger partial charge in [0, 0.05) is 0 Å². The summed E-state index contributed by atoms with van der Waals surface area (Å²) in [4.78, 5) is 27.6. The van der Waals surface area contributed by atoms with E-state index in [0.717, 1.165) is 5.75 Å². The standard InChI is InChI=1S/C20H17ClN2O5S/c1-2-27-14-6-4-13(5-7-14)22-20-23-19(26)17(29-20)10-12-3-8-16(15(21)9-12)28-11-18(24)25/h3-10H,2,11H2,1H3,(H,24,25)(H,22,23,26)/p-1/b17-10+. The van der Waals surface area contributed by atoms with E-state index >= 15 is 0 Å². The summed E-state index contributed by atoms with van der Waals surface area (Å²) in [5.41, 5.74) is 1.35. The van der Waals surface area contributed by atoms with E-state index in [0.29, 0.717) is 27.9 Å². The molecule has 1 heterocycles. The number of amides is 1. The first-order valence-electron chi connectivity index (χ1n) is 8.59. The number of benzene rings is 2. The molecule has 2 aromatic carbocycles. The van der Waals surface area contributed by atoms with Gasteiger partial charge in [-0.15, -0.1) is 0 Å². The van der Waals surface area contributed by atoms with Crippen molar-refractivity contribution in [3.63, 3.8) is 0 Å². The number of thioether (sulfide) groups is 1. The number of rotatable bonds is 7. The summed E-state index contributed by atoms with van der Waals surface area (Å²) in [5.74, 6) is -0.637. The lowest BCUT2D eigenvalue weighted by Crippen LogP contribution is -2.28. The molecule has 3 rings (SSSR count). The van der Waals surface area contributed by atoms with Crippen LogP contribution in [0.15, 0.2) is 52.4 Å². The Kier molecular flexibility index (Phi) is 6.79. The molecule has 1 saturated heterocycles. The quantitative estimate of drug-likeness (QED) is 0.676. The normalized spacial score (nSPS) is 16.1. The molecule has 1 N–H and O–H groups in total. The van der Waals surface area contributed by atoms with E-state index in [-0.39, 0.29) is 16.7 Å². The van der Waals surface area contributed by atoms with Gasteiger partial charge < -0.3 is 24.7 Å². The van der Waals surface area contributed by atoms with E-state index in [4.69, 9.17) is 21.1 Å². The van der Waals surface area contributed by atoms with E-state index in [9.17, 15) is 14.7 Å². The zero-order chi connectivity index (χ0) is 20.8. The number of aliphatic carboxylic acids is 1. The van der Waals surface area contributed by atoms with Crippen molar-refractivity contribution < 1.29 is 24.2 Å². The molecule has 1 fully saturated rings. The number of carboxylic acids is 1. The zero-order valence-electron chi connectivity index (χ0n) is 15.3. The lowest BCUT2D eigenvalue weighted by atomic mass is 10.2. The van der Waals surface area contributed by atoms with Crippen LogP contribution in [-0.4, -0.2) is 30.3 Å². The summed E-state index contributed by atoms with van der Waals surface area (Å²) >= 11 is 7.30. The number of carbonyl (C=O) groups is 2. The number of carboxylic acid groups (broad SMARTS) is 1. The smallest absolute Gasteiger partial charge is 0.264 e. The van der Waals surface area contributed by atoms with Crippen molar-refractivity contribution in [2.75, 3.05) is 13.2 Å². The van der Waals surface area contributed by atoms with Crippen molar-refractivity contribution >= 4 is 52.2 Å². The van der Waals surface area contributed by atoms with Crippen LogP contribution < -0.4 is 19.9 Å². The highest BCUT2D eigenvalue weighted by atomic mass is 35.5. The van der Waals surface area contributed by atoms with Crippen LogP contribution in [0.4, 0.5) is 5.69 Å². The van der Waals surface area contributed by atoms with Crippen molar-refractivity contribution in [3.8, 4) is 11.5 Å². The van der Waals surface area contributed by atoms with Crippen molar-refractivity contribution in [1.29, 1.82) is 0 Å². The Morgan fingerprint density at radius 2 is 2.00 bits per heavy atom. The Morgan fingerprint density at radius 3 is 2.66 bits per heavy atom. The van der Waals surface area contributed by atoms with Crippen molar-refractivity contribution in [2.45, 2.75) is 6.92 Å².